The molecular weight excluding hydrogens is 257 g/mol. The molecule has 0 bridgehead atoms. The minimum Gasteiger partial charge on any atom is -0.466 e. The predicted octanol–water partition coefficient (Wildman–Crippen LogP) is 2.87. The molecule has 0 spiro atoms. The van der Waals surface area contributed by atoms with Crippen LogP contribution in [0.4, 0.5) is 13.2 Å². The van der Waals surface area contributed by atoms with Gasteiger partial charge in [0.05, 0.1) is 6.04 Å². The first-order chi connectivity index (χ1) is 8.95. The van der Waals surface area contributed by atoms with Crippen LogP contribution in [0.5, 0.6) is 0 Å². The van der Waals surface area contributed by atoms with E-state index in [4.69, 9.17) is 10.3 Å². The van der Waals surface area contributed by atoms with E-state index in [0.29, 0.717) is 17.1 Å². The van der Waals surface area contributed by atoms with Crippen LogP contribution in [-0.2, 0) is 0 Å². The number of aryl methyl sites for hydroxylation is 2. The molecule has 0 aliphatic rings. The number of benzene rings is 1. The molecule has 102 valence electrons. The van der Waals surface area contributed by atoms with Crippen LogP contribution in [0.25, 0.3) is 0 Å². The highest BCUT2D eigenvalue weighted by atomic mass is 19.2. The number of nitrogens with one attached hydrogen (secondary N) is 1. The van der Waals surface area contributed by atoms with E-state index >= 15 is 0 Å². The van der Waals surface area contributed by atoms with Gasteiger partial charge < -0.3 is 4.42 Å². The predicted molar refractivity (Wildman–Crippen MR) is 63.7 cm³/mol. The molecule has 0 saturated heterocycles. The minimum atomic E-state index is -1.52. The van der Waals surface area contributed by atoms with Gasteiger partial charge in [-0.3, -0.25) is 5.84 Å². The lowest BCUT2D eigenvalue weighted by atomic mass is 9.98. The molecule has 2 rings (SSSR count). The Morgan fingerprint density at radius 2 is 1.79 bits per heavy atom. The Balaban J connectivity index is 2.54. The van der Waals surface area contributed by atoms with Crippen molar-refractivity contribution in [3.63, 3.8) is 0 Å². The number of rotatable bonds is 3. The standard InChI is InChI=1S/C13H13F3N2O/c1-6-5-9(7(2)19-6)13(18-17)8-3-4-10(14)12(16)11(8)15/h3-5,13,18H,17H2,1-2H3. The molecule has 0 fully saturated rings. The van der Waals surface area contributed by atoms with Crippen LogP contribution < -0.4 is 11.3 Å². The van der Waals surface area contributed by atoms with Crippen molar-refractivity contribution >= 4 is 0 Å². The van der Waals surface area contributed by atoms with Gasteiger partial charge in [0.25, 0.3) is 0 Å². The summed E-state index contributed by atoms with van der Waals surface area (Å²) in [4.78, 5) is 0. The summed E-state index contributed by atoms with van der Waals surface area (Å²) in [7, 11) is 0. The van der Waals surface area contributed by atoms with E-state index in [9.17, 15) is 13.2 Å². The maximum Gasteiger partial charge on any atom is 0.194 e. The zero-order valence-corrected chi connectivity index (χ0v) is 10.4. The van der Waals surface area contributed by atoms with Crippen molar-refractivity contribution in [3.8, 4) is 0 Å². The summed E-state index contributed by atoms with van der Waals surface area (Å²) >= 11 is 0. The van der Waals surface area contributed by atoms with Gasteiger partial charge in [-0.25, -0.2) is 18.6 Å². The molecule has 2 aromatic rings. The zero-order valence-electron chi connectivity index (χ0n) is 10.4. The van der Waals surface area contributed by atoms with Gasteiger partial charge in [-0.15, -0.1) is 0 Å². The maximum atomic E-state index is 13.8. The Labute approximate surface area is 108 Å². The molecule has 0 saturated carbocycles. The van der Waals surface area contributed by atoms with Crippen molar-refractivity contribution in [2.45, 2.75) is 19.9 Å². The molecule has 0 aliphatic carbocycles. The van der Waals surface area contributed by atoms with E-state index in [1.807, 2.05) is 0 Å². The van der Waals surface area contributed by atoms with E-state index in [-0.39, 0.29) is 5.56 Å². The summed E-state index contributed by atoms with van der Waals surface area (Å²) in [6, 6.07) is 2.87. The molecule has 3 nitrogen and oxygen atoms in total. The summed E-state index contributed by atoms with van der Waals surface area (Å²) in [6.07, 6.45) is 0. The molecule has 1 aromatic heterocycles. The Kier molecular flexibility index (Phi) is 3.64. The van der Waals surface area contributed by atoms with E-state index in [2.05, 4.69) is 5.43 Å². The highest BCUT2D eigenvalue weighted by Gasteiger charge is 2.24. The average Bonchev–Trinajstić information content (AvgIpc) is 2.69. The van der Waals surface area contributed by atoms with Crippen molar-refractivity contribution in [1.82, 2.24) is 5.43 Å². The van der Waals surface area contributed by atoms with Crippen LogP contribution in [0, 0.1) is 31.3 Å². The van der Waals surface area contributed by atoms with Gasteiger partial charge in [0, 0.05) is 11.1 Å². The van der Waals surface area contributed by atoms with Crippen molar-refractivity contribution in [1.29, 1.82) is 0 Å². The van der Waals surface area contributed by atoms with Crippen molar-refractivity contribution in [2.75, 3.05) is 0 Å². The van der Waals surface area contributed by atoms with Crippen LogP contribution in [0.15, 0.2) is 22.6 Å². The van der Waals surface area contributed by atoms with Gasteiger partial charge in [0.1, 0.15) is 11.5 Å². The van der Waals surface area contributed by atoms with E-state index in [0.717, 1.165) is 12.1 Å². The lowest BCUT2D eigenvalue weighted by molar-refractivity contribution is 0.432. The third-order valence-electron chi connectivity index (χ3n) is 2.93. The number of hydrogen-bond donors (Lipinski definition) is 2. The van der Waals surface area contributed by atoms with E-state index in [1.165, 1.54) is 0 Å². The summed E-state index contributed by atoms with van der Waals surface area (Å²) in [6.45, 7) is 3.41. The quantitative estimate of drug-likeness (QED) is 0.512. The van der Waals surface area contributed by atoms with Crippen LogP contribution >= 0.6 is 0 Å². The molecule has 0 amide bonds. The average molecular weight is 270 g/mol. The Morgan fingerprint density at radius 3 is 2.32 bits per heavy atom. The lowest BCUT2D eigenvalue weighted by Gasteiger charge is -2.16. The first-order valence-electron chi connectivity index (χ1n) is 5.62. The fourth-order valence-corrected chi connectivity index (χ4v) is 2.05. The van der Waals surface area contributed by atoms with Gasteiger partial charge in [0.2, 0.25) is 0 Å². The van der Waals surface area contributed by atoms with Gasteiger partial charge in [-0.2, -0.15) is 0 Å². The normalized spacial score (nSPS) is 12.7. The molecule has 1 unspecified atom stereocenters. The number of nitrogens with two attached hydrogens (primary N) is 1. The molecule has 3 N–H and O–H groups in total. The number of hydrogen-bond acceptors (Lipinski definition) is 3. The minimum absolute atomic E-state index is 0.0784. The molecule has 19 heavy (non-hydrogen) atoms. The molecule has 0 aliphatic heterocycles. The zero-order chi connectivity index (χ0) is 14.2. The molecule has 1 aromatic carbocycles. The fourth-order valence-electron chi connectivity index (χ4n) is 2.05. The molecule has 1 heterocycles. The van der Waals surface area contributed by atoms with Crippen LogP contribution in [0.3, 0.4) is 0 Å². The van der Waals surface area contributed by atoms with Crippen LogP contribution in [0.2, 0.25) is 0 Å². The van der Waals surface area contributed by atoms with Gasteiger partial charge in [-0.1, -0.05) is 6.07 Å². The first-order valence-corrected chi connectivity index (χ1v) is 5.62. The molecule has 1 atom stereocenters. The largest absolute Gasteiger partial charge is 0.466 e. The number of hydrazine groups is 1. The second-order valence-electron chi connectivity index (χ2n) is 4.23. The highest BCUT2D eigenvalue weighted by Crippen LogP contribution is 2.29. The molecule has 0 radical (unpaired) electrons. The van der Waals surface area contributed by atoms with Crippen molar-refractivity contribution in [2.24, 2.45) is 5.84 Å². The lowest BCUT2D eigenvalue weighted by Crippen LogP contribution is -2.30. The number of furan rings is 1. The smallest absolute Gasteiger partial charge is 0.194 e. The maximum absolute atomic E-state index is 13.8. The second-order valence-corrected chi connectivity index (χ2v) is 4.23. The topological polar surface area (TPSA) is 51.2 Å². The Morgan fingerprint density at radius 1 is 1.11 bits per heavy atom. The monoisotopic (exact) mass is 270 g/mol. The Bertz CT molecular complexity index is 610. The van der Waals surface area contributed by atoms with Gasteiger partial charge in [0.15, 0.2) is 17.5 Å². The summed E-state index contributed by atoms with van der Waals surface area (Å²) in [5.74, 6) is 2.53. The number of halogens is 3. The van der Waals surface area contributed by atoms with E-state index in [1.54, 1.807) is 19.9 Å². The van der Waals surface area contributed by atoms with Gasteiger partial charge in [-0.05, 0) is 26.0 Å². The third kappa shape index (κ3) is 2.36. The van der Waals surface area contributed by atoms with Crippen LogP contribution in [0.1, 0.15) is 28.7 Å². The molecule has 6 heteroatoms. The van der Waals surface area contributed by atoms with Crippen molar-refractivity contribution < 1.29 is 17.6 Å². The van der Waals surface area contributed by atoms with Gasteiger partial charge >= 0.3 is 0 Å². The SMILES string of the molecule is Cc1cc(C(NN)c2ccc(F)c(F)c2F)c(C)o1. The van der Waals surface area contributed by atoms with Crippen LogP contribution in [-0.4, -0.2) is 0 Å². The highest BCUT2D eigenvalue weighted by molar-refractivity contribution is 5.35. The van der Waals surface area contributed by atoms with E-state index < -0.39 is 23.5 Å². The Hall–Kier alpha value is -1.79. The summed E-state index contributed by atoms with van der Waals surface area (Å²) in [5.41, 5.74) is 2.88. The van der Waals surface area contributed by atoms with Crippen molar-refractivity contribution in [3.05, 3.63) is 58.3 Å². The summed E-state index contributed by atoms with van der Waals surface area (Å²) < 4.78 is 45.3. The first kappa shape index (κ1) is 13.6. The fraction of sp³-hybridized carbons (Fsp3) is 0.231. The molecular formula is C13H13F3N2O. The second kappa shape index (κ2) is 5.07. The summed E-state index contributed by atoms with van der Waals surface area (Å²) in [5, 5.41) is 0. The third-order valence-corrected chi connectivity index (χ3v) is 2.93.